The van der Waals surface area contributed by atoms with Crippen molar-refractivity contribution < 1.29 is 9.53 Å². The van der Waals surface area contributed by atoms with Gasteiger partial charge in [-0.05, 0) is 20.8 Å². The molecule has 0 saturated carbocycles. The highest BCUT2D eigenvalue weighted by Gasteiger charge is 2.14. The van der Waals surface area contributed by atoms with E-state index in [1.54, 1.807) is 6.07 Å². The number of pyridine rings is 1. The summed E-state index contributed by atoms with van der Waals surface area (Å²) in [6, 6.07) is 1.63. The molecule has 5 nitrogen and oxygen atoms in total. The topological polar surface area (TPSA) is 75.1 Å². The highest BCUT2D eigenvalue weighted by atomic mass is 16.5. The van der Waals surface area contributed by atoms with Crippen molar-refractivity contribution in [2.75, 3.05) is 5.32 Å². The van der Waals surface area contributed by atoms with Crippen molar-refractivity contribution in [1.82, 2.24) is 4.98 Å². The standard InChI is InChI=1S/C12H17N3O2/c1-8(16)15-10-7-14-11(5-9(10)6-13)17-12(2,3)4/h5-7,13H,1-4H3,(H,15,16). The van der Waals surface area contributed by atoms with E-state index in [0.29, 0.717) is 17.1 Å². The smallest absolute Gasteiger partial charge is 0.221 e. The van der Waals surface area contributed by atoms with Crippen LogP contribution < -0.4 is 10.1 Å². The van der Waals surface area contributed by atoms with Crippen LogP contribution in [0.25, 0.3) is 0 Å². The average molecular weight is 235 g/mol. The van der Waals surface area contributed by atoms with Gasteiger partial charge in [0.1, 0.15) is 5.60 Å². The van der Waals surface area contributed by atoms with Crippen LogP contribution in [0.15, 0.2) is 12.3 Å². The Hall–Kier alpha value is -1.91. The van der Waals surface area contributed by atoms with Crippen molar-refractivity contribution in [3.05, 3.63) is 17.8 Å². The normalized spacial score (nSPS) is 10.8. The Morgan fingerprint density at radius 1 is 1.53 bits per heavy atom. The molecule has 0 aliphatic carbocycles. The van der Waals surface area contributed by atoms with Crippen molar-refractivity contribution >= 4 is 17.8 Å². The summed E-state index contributed by atoms with van der Waals surface area (Å²) in [5, 5.41) is 9.90. The predicted octanol–water partition coefficient (Wildman–Crippen LogP) is 2.21. The number of carbonyl (C=O) groups is 1. The molecule has 5 heteroatoms. The van der Waals surface area contributed by atoms with Gasteiger partial charge in [-0.2, -0.15) is 0 Å². The van der Waals surface area contributed by atoms with Gasteiger partial charge in [0.15, 0.2) is 0 Å². The molecule has 1 aromatic heterocycles. The molecule has 2 N–H and O–H groups in total. The molecule has 0 unspecified atom stereocenters. The molecule has 0 aromatic carbocycles. The fourth-order valence-corrected chi connectivity index (χ4v) is 1.23. The third-order valence-corrected chi connectivity index (χ3v) is 1.79. The van der Waals surface area contributed by atoms with Crippen LogP contribution in [0, 0.1) is 5.41 Å². The third-order valence-electron chi connectivity index (χ3n) is 1.79. The van der Waals surface area contributed by atoms with E-state index in [1.807, 2.05) is 20.8 Å². The van der Waals surface area contributed by atoms with Gasteiger partial charge in [0.05, 0.1) is 11.9 Å². The van der Waals surface area contributed by atoms with E-state index in [4.69, 9.17) is 10.1 Å². The second-order valence-electron chi connectivity index (χ2n) is 4.65. The van der Waals surface area contributed by atoms with E-state index < -0.39 is 0 Å². The third kappa shape index (κ3) is 4.22. The van der Waals surface area contributed by atoms with E-state index in [2.05, 4.69) is 10.3 Å². The molecule has 17 heavy (non-hydrogen) atoms. The van der Waals surface area contributed by atoms with E-state index in [1.165, 1.54) is 13.1 Å². The highest BCUT2D eigenvalue weighted by molar-refractivity contribution is 5.95. The minimum atomic E-state index is -0.345. The van der Waals surface area contributed by atoms with Crippen LogP contribution in [-0.2, 0) is 4.79 Å². The van der Waals surface area contributed by atoms with Crippen LogP contribution in [0.5, 0.6) is 5.88 Å². The second kappa shape index (κ2) is 4.95. The summed E-state index contributed by atoms with van der Waals surface area (Å²) in [6.45, 7) is 7.16. The zero-order valence-corrected chi connectivity index (χ0v) is 10.5. The van der Waals surface area contributed by atoms with Gasteiger partial charge in [-0.15, -0.1) is 0 Å². The molecular formula is C12H17N3O2. The number of rotatable bonds is 3. The van der Waals surface area contributed by atoms with Gasteiger partial charge in [0.2, 0.25) is 11.8 Å². The number of anilines is 1. The SMILES string of the molecule is CC(=O)Nc1cnc(OC(C)(C)C)cc1C=N. The number of hydrogen-bond donors (Lipinski definition) is 2. The fraction of sp³-hybridized carbons (Fsp3) is 0.417. The first-order valence-corrected chi connectivity index (χ1v) is 5.29. The van der Waals surface area contributed by atoms with Crippen LogP contribution >= 0.6 is 0 Å². The first-order chi connectivity index (χ1) is 7.81. The Morgan fingerprint density at radius 2 is 2.18 bits per heavy atom. The summed E-state index contributed by atoms with van der Waals surface area (Å²) in [4.78, 5) is 15.0. The zero-order chi connectivity index (χ0) is 13.1. The lowest BCUT2D eigenvalue weighted by Crippen LogP contribution is -2.23. The van der Waals surface area contributed by atoms with Gasteiger partial charge in [0.25, 0.3) is 0 Å². The zero-order valence-electron chi connectivity index (χ0n) is 10.5. The quantitative estimate of drug-likeness (QED) is 0.789. The van der Waals surface area contributed by atoms with Gasteiger partial charge in [-0.1, -0.05) is 0 Å². The molecular weight excluding hydrogens is 218 g/mol. The van der Waals surface area contributed by atoms with Crippen LogP contribution in [-0.4, -0.2) is 22.7 Å². The molecule has 92 valence electrons. The Labute approximate surface area is 101 Å². The molecule has 1 amide bonds. The number of nitrogens with zero attached hydrogens (tertiary/aromatic N) is 1. The molecule has 1 rings (SSSR count). The first-order valence-electron chi connectivity index (χ1n) is 5.29. The molecule has 0 radical (unpaired) electrons. The van der Waals surface area contributed by atoms with Gasteiger partial charge >= 0.3 is 0 Å². The molecule has 0 fully saturated rings. The van der Waals surface area contributed by atoms with Crippen LogP contribution in [0.4, 0.5) is 5.69 Å². The van der Waals surface area contributed by atoms with E-state index >= 15 is 0 Å². The Kier molecular flexibility index (Phi) is 3.83. The van der Waals surface area contributed by atoms with E-state index in [-0.39, 0.29) is 11.5 Å². The van der Waals surface area contributed by atoms with Crippen LogP contribution in [0.3, 0.4) is 0 Å². The molecule has 0 spiro atoms. The Morgan fingerprint density at radius 3 is 2.65 bits per heavy atom. The lowest BCUT2D eigenvalue weighted by molar-refractivity contribution is -0.114. The van der Waals surface area contributed by atoms with E-state index in [9.17, 15) is 4.79 Å². The molecule has 0 bridgehead atoms. The largest absolute Gasteiger partial charge is 0.472 e. The average Bonchev–Trinajstić information content (AvgIpc) is 2.17. The number of aromatic nitrogens is 1. The number of nitrogens with one attached hydrogen (secondary N) is 2. The number of amides is 1. The van der Waals surface area contributed by atoms with Crippen molar-refractivity contribution in [3.8, 4) is 5.88 Å². The number of ether oxygens (including phenoxy) is 1. The maximum absolute atomic E-state index is 10.9. The summed E-state index contributed by atoms with van der Waals surface area (Å²) in [6.07, 6.45) is 2.64. The van der Waals surface area contributed by atoms with Crippen LogP contribution in [0.2, 0.25) is 0 Å². The van der Waals surface area contributed by atoms with Crippen molar-refractivity contribution in [2.24, 2.45) is 0 Å². The summed E-state index contributed by atoms with van der Waals surface area (Å²) in [7, 11) is 0. The minimum Gasteiger partial charge on any atom is -0.472 e. The maximum atomic E-state index is 10.9. The van der Waals surface area contributed by atoms with Gasteiger partial charge in [-0.3, -0.25) is 4.79 Å². The lowest BCUT2D eigenvalue weighted by atomic mass is 10.2. The molecule has 1 heterocycles. The summed E-state index contributed by atoms with van der Waals surface area (Å²) >= 11 is 0. The van der Waals surface area contributed by atoms with Crippen molar-refractivity contribution in [3.63, 3.8) is 0 Å². The molecule has 0 aliphatic heterocycles. The fourth-order valence-electron chi connectivity index (χ4n) is 1.23. The Balaban J connectivity index is 3.00. The van der Waals surface area contributed by atoms with Crippen molar-refractivity contribution in [2.45, 2.75) is 33.3 Å². The molecule has 0 saturated heterocycles. The highest BCUT2D eigenvalue weighted by Crippen LogP contribution is 2.20. The molecule has 0 aliphatic rings. The predicted molar refractivity (Wildman–Crippen MR) is 66.8 cm³/mol. The lowest BCUT2D eigenvalue weighted by Gasteiger charge is -2.20. The monoisotopic (exact) mass is 235 g/mol. The maximum Gasteiger partial charge on any atom is 0.221 e. The van der Waals surface area contributed by atoms with E-state index in [0.717, 1.165) is 6.21 Å². The van der Waals surface area contributed by atoms with Crippen LogP contribution in [0.1, 0.15) is 33.3 Å². The number of carbonyl (C=O) groups excluding carboxylic acids is 1. The second-order valence-corrected chi connectivity index (χ2v) is 4.65. The first kappa shape index (κ1) is 13.2. The summed E-state index contributed by atoms with van der Waals surface area (Å²) in [5.74, 6) is 0.240. The number of hydrogen-bond acceptors (Lipinski definition) is 4. The van der Waals surface area contributed by atoms with Crippen molar-refractivity contribution in [1.29, 1.82) is 5.41 Å². The minimum absolute atomic E-state index is 0.195. The molecule has 0 atom stereocenters. The summed E-state index contributed by atoms with van der Waals surface area (Å²) < 4.78 is 5.58. The van der Waals surface area contributed by atoms with Gasteiger partial charge in [0, 0.05) is 24.8 Å². The molecule has 1 aromatic rings. The Bertz CT molecular complexity index is 436. The van der Waals surface area contributed by atoms with Gasteiger partial charge in [-0.25, -0.2) is 4.98 Å². The van der Waals surface area contributed by atoms with Gasteiger partial charge < -0.3 is 15.5 Å². The summed E-state index contributed by atoms with van der Waals surface area (Å²) in [5.41, 5.74) is 0.727.